The number of hydrogen-bond donors (Lipinski definition) is 3. The number of aliphatic hydroxyl groups is 1. The van der Waals surface area contributed by atoms with Crippen LogP contribution in [0.3, 0.4) is 0 Å². The van der Waals surface area contributed by atoms with Crippen LogP contribution in [0.25, 0.3) is 0 Å². The fraction of sp³-hybridized carbons (Fsp3) is 0.923. The minimum Gasteiger partial charge on any atom is -0.394 e. The highest BCUT2D eigenvalue weighted by Crippen LogP contribution is 2.31. The van der Waals surface area contributed by atoms with Gasteiger partial charge < -0.3 is 15.7 Å². The fourth-order valence-corrected chi connectivity index (χ4v) is 3.20. The molecule has 1 heterocycles. The summed E-state index contributed by atoms with van der Waals surface area (Å²) in [5.41, 5.74) is -0.728. The molecule has 17 heavy (non-hydrogen) atoms. The molecule has 1 saturated carbocycles. The topological polar surface area (TPSA) is 61.4 Å². The molecule has 1 aliphatic carbocycles. The van der Waals surface area contributed by atoms with Crippen molar-refractivity contribution in [2.24, 2.45) is 0 Å². The first kappa shape index (κ1) is 12.8. The summed E-state index contributed by atoms with van der Waals surface area (Å²) in [7, 11) is 0. The van der Waals surface area contributed by atoms with E-state index in [2.05, 4.69) is 17.6 Å². The van der Waals surface area contributed by atoms with Crippen molar-refractivity contribution in [3.05, 3.63) is 0 Å². The smallest absolute Gasteiger partial charge is 0.240 e. The van der Waals surface area contributed by atoms with E-state index in [1.165, 1.54) is 0 Å². The molecular weight excluding hydrogens is 216 g/mol. The van der Waals surface area contributed by atoms with Gasteiger partial charge in [-0.05, 0) is 38.6 Å². The molecule has 1 atom stereocenters. The molecular formula is C13H24N2O2. The van der Waals surface area contributed by atoms with Gasteiger partial charge in [0, 0.05) is 0 Å². The predicted molar refractivity (Wildman–Crippen MR) is 66.7 cm³/mol. The molecule has 1 aliphatic heterocycles. The first-order valence-electron chi connectivity index (χ1n) is 6.85. The van der Waals surface area contributed by atoms with Gasteiger partial charge in [0.25, 0.3) is 0 Å². The minimum absolute atomic E-state index is 0.0680. The highest BCUT2D eigenvalue weighted by Gasteiger charge is 2.43. The summed E-state index contributed by atoms with van der Waals surface area (Å²) in [5.74, 6) is 0.0912. The molecule has 2 aliphatic rings. The molecule has 0 radical (unpaired) electrons. The molecule has 0 bridgehead atoms. The van der Waals surface area contributed by atoms with E-state index in [4.69, 9.17) is 0 Å². The summed E-state index contributed by atoms with van der Waals surface area (Å²) >= 11 is 0. The van der Waals surface area contributed by atoms with E-state index in [1.807, 2.05) is 0 Å². The Morgan fingerprint density at radius 2 is 2.00 bits per heavy atom. The third-order valence-corrected chi connectivity index (χ3v) is 4.52. The molecule has 2 rings (SSSR count). The van der Waals surface area contributed by atoms with Gasteiger partial charge in [0.1, 0.15) is 0 Å². The van der Waals surface area contributed by atoms with Crippen molar-refractivity contribution in [1.82, 2.24) is 10.6 Å². The second-order valence-electron chi connectivity index (χ2n) is 5.57. The molecule has 0 aromatic rings. The quantitative estimate of drug-likeness (QED) is 0.685. The van der Waals surface area contributed by atoms with Crippen LogP contribution >= 0.6 is 0 Å². The summed E-state index contributed by atoms with van der Waals surface area (Å²) < 4.78 is 0. The van der Waals surface area contributed by atoms with Crippen LogP contribution in [0.1, 0.15) is 51.9 Å². The minimum atomic E-state index is -0.384. The lowest BCUT2D eigenvalue weighted by atomic mass is 9.90. The van der Waals surface area contributed by atoms with Crippen molar-refractivity contribution >= 4 is 5.91 Å². The Labute approximate surface area is 103 Å². The number of carbonyl (C=O) groups excluding carboxylic acids is 1. The number of aliphatic hydroxyl groups excluding tert-OH is 1. The SMILES string of the molecule is CCC1(C(=O)NC2(CO)CCCC2)CCCN1. The predicted octanol–water partition coefficient (Wildman–Crippen LogP) is 0.940. The Balaban J connectivity index is 2.04. The van der Waals surface area contributed by atoms with Crippen LogP contribution in [0, 0.1) is 0 Å². The zero-order valence-electron chi connectivity index (χ0n) is 10.7. The van der Waals surface area contributed by atoms with Crippen LogP contribution in [0.5, 0.6) is 0 Å². The summed E-state index contributed by atoms with van der Waals surface area (Å²) in [6, 6.07) is 0. The maximum Gasteiger partial charge on any atom is 0.240 e. The Morgan fingerprint density at radius 1 is 1.29 bits per heavy atom. The number of nitrogens with one attached hydrogen (secondary N) is 2. The van der Waals surface area contributed by atoms with Gasteiger partial charge in [-0.3, -0.25) is 4.79 Å². The van der Waals surface area contributed by atoms with Gasteiger partial charge in [-0.15, -0.1) is 0 Å². The number of hydrogen-bond acceptors (Lipinski definition) is 3. The van der Waals surface area contributed by atoms with Gasteiger partial charge in [0.05, 0.1) is 17.7 Å². The third-order valence-electron chi connectivity index (χ3n) is 4.52. The van der Waals surface area contributed by atoms with E-state index in [0.29, 0.717) is 0 Å². The van der Waals surface area contributed by atoms with Crippen LogP contribution in [0.15, 0.2) is 0 Å². The highest BCUT2D eigenvalue weighted by molar-refractivity contribution is 5.87. The van der Waals surface area contributed by atoms with Gasteiger partial charge in [0.2, 0.25) is 5.91 Å². The lowest BCUT2D eigenvalue weighted by Crippen LogP contribution is -2.60. The average molecular weight is 240 g/mol. The average Bonchev–Trinajstić information content (AvgIpc) is 2.98. The maximum atomic E-state index is 12.4. The van der Waals surface area contributed by atoms with E-state index < -0.39 is 0 Å². The lowest BCUT2D eigenvalue weighted by Gasteiger charge is -2.34. The Hall–Kier alpha value is -0.610. The second-order valence-corrected chi connectivity index (χ2v) is 5.57. The van der Waals surface area contributed by atoms with Crippen molar-refractivity contribution in [2.75, 3.05) is 13.2 Å². The van der Waals surface area contributed by atoms with E-state index in [0.717, 1.165) is 51.5 Å². The Bertz CT molecular complexity index is 279. The molecule has 0 aromatic carbocycles. The number of rotatable bonds is 4. The number of amides is 1. The summed E-state index contributed by atoms with van der Waals surface area (Å²) in [5, 5.41) is 16.0. The van der Waals surface area contributed by atoms with Crippen LogP contribution in [-0.2, 0) is 4.79 Å². The largest absolute Gasteiger partial charge is 0.394 e. The second kappa shape index (κ2) is 4.94. The first-order valence-corrected chi connectivity index (χ1v) is 6.85. The molecule has 1 unspecified atom stereocenters. The van der Waals surface area contributed by atoms with Crippen molar-refractivity contribution in [2.45, 2.75) is 62.9 Å². The zero-order valence-corrected chi connectivity index (χ0v) is 10.7. The standard InChI is InChI=1S/C13H24N2O2/c1-2-13(8-5-9-14-13)11(17)15-12(10-16)6-3-4-7-12/h14,16H,2-10H2,1H3,(H,15,17). The van der Waals surface area contributed by atoms with Crippen LogP contribution in [0.2, 0.25) is 0 Å². The summed E-state index contributed by atoms with van der Waals surface area (Å²) in [6.45, 7) is 3.05. The molecule has 1 amide bonds. The van der Waals surface area contributed by atoms with E-state index in [1.54, 1.807) is 0 Å². The lowest BCUT2D eigenvalue weighted by molar-refractivity contribution is -0.129. The van der Waals surface area contributed by atoms with E-state index in [-0.39, 0.29) is 23.6 Å². The van der Waals surface area contributed by atoms with Crippen molar-refractivity contribution in [1.29, 1.82) is 0 Å². The monoisotopic (exact) mass is 240 g/mol. The molecule has 2 fully saturated rings. The molecule has 0 spiro atoms. The molecule has 3 N–H and O–H groups in total. The molecule has 4 nitrogen and oxygen atoms in total. The van der Waals surface area contributed by atoms with Crippen LogP contribution < -0.4 is 10.6 Å². The van der Waals surface area contributed by atoms with Crippen LogP contribution in [-0.4, -0.2) is 35.2 Å². The number of carbonyl (C=O) groups is 1. The summed E-state index contributed by atoms with van der Waals surface area (Å²) in [4.78, 5) is 12.4. The van der Waals surface area contributed by atoms with Gasteiger partial charge in [-0.2, -0.15) is 0 Å². The van der Waals surface area contributed by atoms with E-state index >= 15 is 0 Å². The normalized spacial score (nSPS) is 31.6. The van der Waals surface area contributed by atoms with E-state index in [9.17, 15) is 9.90 Å². The van der Waals surface area contributed by atoms with Crippen molar-refractivity contribution in [3.63, 3.8) is 0 Å². The molecule has 0 aromatic heterocycles. The third kappa shape index (κ3) is 2.33. The van der Waals surface area contributed by atoms with Gasteiger partial charge in [-0.1, -0.05) is 19.8 Å². The molecule has 98 valence electrons. The Kier molecular flexibility index (Phi) is 3.73. The molecule has 4 heteroatoms. The highest BCUT2D eigenvalue weighted by atomic mass is 16.3. The Morgan fingerprint density at radius 3 is 2.47 bits per heavy atom. The van der Waals surface area contributed by atoms with Gasteiger partial charge >= 0.3 is 0 Å². The fourth-order valence-electron chi connectivity index (χ4n) is 3.20. The van der Waals surface area contributed by atoms with Crippen LogP contribution in [0.4, 0.5) is 0 Å². The maximum absolute atomic E-state index is 12.4. The molecule has 1 saturated heterocycles. The summed E-state index contributed by atoms with van der Waals surface area (Å²) in [6.07, 6.45) is 6.83. The van der Waals surface area contributed by atoms with Gasteiger partial charge in [0.15, 0.2) is 0 Å². The van der Waals surface area contributed by atoms with Crippen molar-refractivity contribution in [3.8, 4) is 0 Å². The first-order chi connectivity index (χ1) is 8.16. The van der Waals surface area contributed by atoms with Crippen molar-refractivity contribution < 1.29 is 9.90 Å². The van der Waals surface area contributed by atoms with Gasteiger partial charge in [-0.25, -0.2) is 0 Å². The zero-order chi connectivity index (χ0) is 12.4.